The highest BCUT2D eigenvalue weighted by atomic mass is 79.9. The zero-order valence-corrected chi connectivity index (χ0v) is 10.4. The van der Waals surface area contributed by atoms with Crippen LogP contribution < -0.4 is 4.74 Å². The number of hydrogen-bond acceptors (Lipinski definition) is 3. The number of aromatic nitrogens is 1. The number of halogens is 2. The molecule has 1 fully saturated rings. The molecule has 1 aliphatic rings. The van der Waals surface area contributed by atoms with Crippen LogP contribution in [-0.2, 0) is 4.74 Å². The van der Waals surface area contributed by atoms with E-state index in [1.807, 2.05) is 0 Å². The van der Waals surface area contributed by atoms with Crippen molar-refractivity contribution in [3.05, 3.63) is 21.8 Å². The van der Waals surface area contributed by atoms with Crippen LogP contribution in [0.25, 0.3) is 0 Å². The second kappa shape index (κ2) is 5.14. The maximum Gasteiger partial charge on any atom is 0.232 e. The average molecular weight is 293 g/mol. The van der Waals surface area contributed by atoms with Gasteiger partial charge in [0.15, 0.2) is 0 Å². The van der Waals surface area contributed by atoms with E-state index in [-0.39, 0.29) is 6.10 Å². The second-order valence-corrected chi connectivity index (χ2v) is 4.69. The molecule has 0 N–H and O–H groups in total. The molecule has 5 heteroatoms. The van der Waals surface area contributed by atoms with Crippen LogP contribution in [0.3, 0.4) is 0 Å². The lowest BCUT2D eigenvalue weighted by Crippen LogP contribution is -2.26. The third-order valence-electron chi connectivity index (χ3n) is 2.22. The fourth-order valence-corrected chi connectivity index (χ4v) is 2.11. The molecule has 0 saturated carbocycles. The van der Waals surface area contributed by atoms with Crippen LogP contribution in [-0.4, -0.2) is 24.3 Å². The Morgan fingerprint density at radius 3 is 2.87 bits per heavy atom. The Hall–Kier alpha value is -0.320. The number of pyridine rings is 1. The summed E-state index contributed by atoms with van der Waals surface area (Å²) in [6, 6.07) is 1.78. The van der Waals surface area contributed by atoms with E-state index in [1.54, 1.807) is 12.3 Å². The summed E-state index contributed by atoms with van der Waals surface area (Å²) in [4.78, 5) is 4.13. The van der Waals surface area contributed by atoms with Crippen LogP contribution in [0.4, 0.5) is 0 Å². The monoisotopic (exact) mass is 291 g/mol. The molecular formula is C10H11BrClNO2. The topological polar surface area (TPSA) is 31.4 Å². The molecule has 1 aromatic rings. The van der Waals surface area contributed by atoms with Gasteiger partial charge in [0, 0.05) is 23.5 Å². The molecule has 0 radical (unpaired) electrons. The smallest absolute Gasteiger partial charge is 0.232 e. The molecule has 0 unspecified atom stereocenters. The maximum atomic E-state index is 6.00. The summed E-state index contributed by atoms with van der Waals surface area (Å²) in [6.45, 7) is 1.50. The fraction of sp³-hybridized carbons (Fsp3) is 0.500. The molecule has 2 rings (SSSR count). The Bertz CT molecular complexity index is 342. The standard InChI is InChI=1S/C10H11BrClNO2/c11-7-5-9(12)10(13-6-7)15-8-1-3-14-4-2-8/h5-6,8H,1-4H2. The largest absolute Gasteiger partial charge is 0.473 e. The number of rotatable bonds is 2. The highest BCUT2D eigenvalue weighted by Gasteiger charge is 2.17. The van der Waals surface area contributed by atoms with Gasteiger partial charge in [0.1, 0.15) is 11.1 Å². The van der Waals surface area contributed by atoms with Crippen LogP contribution >= 0.6 is 27.5 Å². The van der Waals surface area contributed by atoms with Crippen molar-refractivity contribution in [3.63, 3.8) is 0 Å². The second-order valence-electron chi connectivity index (χ2n) is 3.37. The number of nitrogens with zero attached hydrogens (tertiary/aromatic N) is 1. The molecule has 82 valence electrons. The van der Waals surface area contributed by atoms with Gasteiger partial charge in [-0.25, -0.2) is 4.98 Å². The van der Waals surface area contributed by atoms with Gasteiger partial charge in [-0.2, -0.15) is 0 Å². The normalized spacial score (nSPS) is 17.7. The highest BCUT2D eigenvalue weighted by Crippen LogP contribution is 2.27. The van der Waals surface area contributed by atoms with Gasteiger partial charge in [-0.3, -0.25) is 0 Å². The van der Waals surface area contributed by atoms with Crippen molar-refractivity contribution in [1.29, 1.82) is 0 Å². The van der Waals surface area contributed by atoms with E-state index >= 15 is 0 Å². The predicted octanol–water partition coefficient (Wildman–Crippen LogP) is 3.06. The predicted molar refractivity (Wildman–Crippen MR) is 61.4 cm³/mol. The summed E-state index contributed by atoms with van der Waals surface area (Å²) in [5, 5.41) is 0.538. The van der Waals surface area contributed by atoms with E-state index in [9.17, 15) is 0 Å². The van der Waals surface area contributed by atoms with Crippen molar-refractivity contribution in [2.24, 2.45) is 0 Å². The minimum absolute atomic E-state index is 0.171. The average Bonchev–Trinajstić information content (AvgIpc) is 2.24. The SMILES string of the molecule is Clc1cc(Br)cnc1OC1CCOCC1. The quantitative estimate of drug-likeness (QED) is 0.839. The first-order valence-electron chi connectivity index (χ1n) is 4.81. The maximum absolute atomic E-state index is 6.00. The Labute approximate surface area is 102 Å². The lowest BCUT2D eigenvalue weighted by atomic mass is 10.1. The minimum Gasteiger partial charge on any atom is -0.473 e. The summed E-state index contributed by atoms with van der Waals surface area (Å²) >= 11 is 9.30. The number of ether oxygens (including phenoxy) is 2. The first kappa shape index (κ1) is 11.2. The zero-order chi connectivity index (χ0) is 10.7. The van der Waals surface area contributed by atoms with Crippen LogP contribution in [0.1, 0.15) is 12.8 Å². The third kappa shape index (κ3) is 3.06. The molecule has 0 bridgehead atoms. The van der Waals surface area contributed by atoms with E-state index in [0.29, 0.717) is 10.9 Å². The minimum atomic E-state index is 0.171. The van der Waals surface area contributed by atoms with Crippen LogP contribution in [0.2, 0.25) is 5.02 Å². The molecule has 0 amide bonds. The van der Waals surface area contributed by atoms with E-state index in [4.69, 9.17) is 21.1 Å². The fourth-order valence-electron chi connectivity index (χ4n) is 1.44. The molecule has 0 atom stereocenters. The van der Waals surface area contributed by atoms with Crippen LogP contribution in [0.5, 0.6) is 5.88 Å². The molecular weight excluding hydrogens is 281 g/mol. The third-order valence-corrected chi connectivity index (χ3v) is 2.93. The first-order chi connectivity index (χ1) is 7.25. The van der Waals surface area contributed by atoms with Gasteiger partial charge < -0.3 is 9.47 Å². The first-order valence-corrected chi connectivity index (χ1v) is 5.98. The van der Waals surface area contributed by atoms with E-state index in [2.05, 4.69) is 20.9 Å². The molecule has 1 saturated heterocycles. The van der Waals surface area contributed by atoms with Crippen molar-refractivity contribution >= 4 is 27.5 Å². The summed E-state index contributed by atoms with van der Waals surface area (Å²) in [5.74, 6) is 0.506. The Balaban J connectivity index is 2.03. The molecule has 1 aromatic heterocycles. The molecule has 2 heterocycles. The van der Waals surface area contributed by atoms with Gasteiger partial charge >= 0.3 is 0 Å². The molecule has 3 nitrogen and oxygen atoms in total. The lowest BCUT2D eigenvalue weighted by Gasteiger charge is -2.23. The summed E-state index contributed by atoms with van der Waals surface area (Å²) in [7, 11) is 0. The summed E-state index contributed by atoms with van der Waals surface area (Å²) < 4.78 is 11.8. The van der Waals surface area contributed by atoms with Gasteiger partial charge in [-0.1, -0.05) is 11.6 Å². The van der Waals surface area contributed by atoms with Crippen molar-refractivity contribution in [3.8, 4) is 5.88 Å². The van der Waals surface area contributed by atoms with Crippen LogP contribution in [0.15, 0.2) is 16.7 Å². The molecule has 0 aliphatic carbocycles. The number of hydrogen-bond donors (Lipinski definition) is 0. The lowest BCUT2D eigenvalue weighted by molar-refractivity contribution is 0.0238. The van der Waals surface area contributed by atoms with E-state index < -0.39 is 0 Å². The van der Waals surface area contributed by atoms with Crippen molar-refractivity contribution < 1.29 is 9.47 Å². The van der Waals surface area contributed by atoms with Gasteiger partial charge in [-0.05, 0) is 22.0 Å². The van der Waals surface area contributed by atoms with Gasteiger partial charge in [-0.15, -0.1) is 0 Å². The van der Waals surface area contributed by atoms with Gasteiger partial charge in [0.2, 0.25) is 5.88 Å². The Kier molecular flexibility index (Phi) is 3.83. The van der Waals surface area contributed by atoms with E-state index in [0.717, 1.165) is 30.5 Å². The van der Waals surface area contributed by atoms with Crippen molar-refractivity contribution in [2.75, 3.05) is 13.2 Å². The zero-order valence-electron chi connectivity index (χ0n) is 8.08. The molecule has 1 aliphatic heterocycles. The molecule has 0 spiro atoms. The molecule has 15 heavy (non-hydrogen) atoms. The van der Waals surface area contributed by atoms with Crippen molar-refractivity contribution in [1.82, 2.24) is 4.98 Å². The van der Waals surface area contributed by atoms with Crippen LogP contribution in [0, 0.1) is 0 Å². The Morgan fingerprint density at radius 2 is 2.20 bits per heavy atom. The highest BCUT2D eigenvalue weighted by molar-refractivity contribution is 9.10. The molecule has 0 aromatic carbocycles. The van der Waals surface area contributed by atoms with Gasteiger partial charge in [0.25, 0.3) is 0 Å². The Morgan fingerprint density at radius 1 is 1.47 bits per heavy atom. The van der Waals surface area contributed by atoms with E-state index in [1.165, 1.54) is 0 Å². The summed E-state index contributed by atoms with van der Waals surface area (Å²) in [6.07, 6.45) is 3.65. The van der Waals surface area contributed by atoms with Crippen molar-refractivity contribution in [2.45, 2.75) is 18.9 Å². The summed E-state index contributed by atoms with van der Waals surface area (Å²) in [5.41, 5.74) is 0. The van der Waals surface area contributed by atoms with Gasteiger partial charge in [0.05, 0.1) is 13.2 Å².